The van der Waals surface area contributed by atoms with Gasteiger partial charge in [-0.2, -0.15) is 0 Å². The van der Waals surface area contributed by atoms with Crippen LogP contribution in [0.3, 0.4) is 0 Å². The Kier molecular flexibility index (Phi) is 10.3. The Balaban J connectivity index is 1.30. The number of anilines is 2. The summed E-state index contributed by atoms with van der Waals surface area (Å²) >= 11 is 0. The predicted octanol–water partition coefficient (Wildman–Crippen LogP) is 3.78. The number of carbonyl (C=O) groups is 2. The van der Waals surface area contributed by atoms with Gasteiger partial charge in [-0.05, 0) is 35.7 Å². The summed E-state index contributed by atoms with van der Waals surface area (Å²) in [4.78, 5) is 36.6. The van der Waals surface area contributed by atoms with Crippen molar-refractivity contribution < 1.29 is 29.3 Å². The Morgan fingerprint density at radius 1 is 0.953 bits per heavy atom. The molecule has 228 valence electrons. The number of aliphatic carboxylic acids is 1. The van der Waals surface area contributed by atoms with Crippen molar-refractivity contribution in [2.75, 3.05) is 42.9 Å². The lowest BCUT2D eigenvalue weighted by atomic mass is 9.90. The molecule has 2 aromatic carbocycles. The molecule has 2 aliphatic rings. The summed E-state index contributed by atoms with van der Waals surface area (Å²) in [6.45, 7) is 6.22. The largest absolute Gasteiger partial charge is 0.481 e. The zero-order valence-corrected chi connectivity index (χ0v) is 24.3. The molecule has 43 heavy (non-hydrogen) atoms. The highest BCUT2D eigenvalue weighted by atomic mass is 16.7. The molecule has 0 radical (unpaired) electrons. The Bertz CT molecular complexity index is 1350. The topological polar surface area (TPSA) is 137 Å². The molecule has 3 aromatic rings. The van der Waals surface area contributed by atoms with Gasteiger partial charge in [-0.25, -0.2) is 9.97 Å². The second-order valence-electron chi connectivity index (χ2n) is 11.1. The van der Waals surface area contributed by atoms with Crippen molar-refractivity contribution in [3.05, 3.63) is 83.7 Å². The van der Waals surface area contributed by atoms with E-state index < -0.39 is 12.3 Å². The highest BCUT2D eigenvalue weighted by molar-refractivity contribution is 5.90. The van der Waals surface area contributed by atoms with Crippen molar-refractivity contribution in [2.45, 2.75) is 51.3 Å². The SMILES string of the molecule is C[C@H]1[C@@H](CN2CCN(c3ncccn3)CC2)O[C@@H](c2cccc(NC(=O)CCCC(=O)O)c2)O[C@H]1c1ccc(CO)cc1. The molecular weight excluding hydrogens is 550 g/mol. The van der Waals surface area contributed by atoms with E-state index in [4.69, 9.17) is 14.6 Å². The van der Waals surface area contributed by atoms with Gasteiger partial charge in [-0.1, -0.05) is 43.3 Å². The van der Waals surface area contributed by atoms with Crippen LogP contribution < -0.4 is 10.2 Å². The third kappa shape index (κ3) is 8.14. The molecule has 2 saturated heterocycles. The zero-order valence-electron chi connectivity index (χ0n) is 24.3. The summed E-state index contributed by atoms with van der Waals surface area (Å²) in [5.41, 5.74) is 3.23. The molecule has 11 heteroatoms. The average molecular weight is 590 g/mol. The maximum absolute atomic E-state index is 12.4. The number of aromatic nitrogens is 2. The van der Waals surface area contributed by atoms with Gasteiger partial charge in [0, 0.05) is 75.1 Å². The number of carbonyl (C=O) groups excluding carboxylic acids is 1. The molecule has 4 atom stereocenters. The number of benzene rings is 2. The first-order valence-electron chi connectivity index (χ1n) is 14.8. The van der Waals surface area contributed by atoms with Gasteiger partial charge in [0.2, 0.25) is 11.9 Å². The van der Waals surface area contributed by atoms with Crippen molar-refractivity contribution in [3.8, 4) is 0 Å². The molecule has 5 rings (SSSR count). The highest BCUT2D eigenvalue weighted by Crippen LogP contribution is 2.42. The summed E-state index contributed by atoms with van der Waals surface area (Å²) in [5, 5.41) is 21.2. The van der Waals surface area contributed by atoms with E-state index in [0.29, 0.717) is 5.69 Å². The van der Waals surface area contributed by atoms with Crippen LogP contribution in [-0.2, 0) is 25.7 Å². The minimum atomic E-state index is -0.919. The van der Waals surface area contributed by atoms with Crippen LogP contribution in [0.15, 0.2) is 67.0 Å². The average Bonchev–Trinajstić information content (AvgIpc) is 3.03. The maximum atomic E-state index is 12.4. The van der Waals surface area contributed by atoms with Crippen LogP contribution in [0.4, 0.5) is 11.6 Å². The van der Waals surface area contributed by atoms with E-state index in [0.717, 1.165) is 55.4 Å². The second-order valence-corrected chi connectivity index (χ2v) is 11.1. The van der Waals surface area contributed by atoms with Gasteiger partial charge >= 0.3 is 5.97 Å². The fourth-order valence-corrected chi connectivity index (χ4v) is 5.55. The molecule has 2 aliphatic heterocycles. The van der Waals surface area contributed by atoms with E-state index in [1.165, 1.54) is 0 Å². The van der Waals surface area contributed by atoms with E-state index >= 15 is 0 Å². The summed E-state index contributed by atoms with van der Waals surface area (Å²) in [7, 11) is 0. The smallest absolute Gasteiger partial charge is 0.303 e. The third-order valence-corrected chi connectivity index (χ3v) is 8.01. The van der Waals surface area contributed by atoms with Gasteiger partial charge in [0.25, 0.3) is 0 Å². The molecular formula is C32H39N5O6. The molecule has 0 saturated carbocycles. The molecule has 3 N–H and O–H groups in total. The highest BCUT2D eigenvalue weighted by Gasteiger charge is 2.39. The van der Waals surface area contributed by atoms with E-state index in [1.54, 1.807) is 18.5 Å². The van der Waals surface area contributed by atoms with E-state index in [2.05, 4.69) is 32.0 Å². The Hall–Kier alpha value is -3.90. The van der Waals surface area contributed by atoms with Crippen molar-refractivity contribution >= 4 is 23.5 Å². The summed E-state index contributed by atoms with van der Waals surface area (Å²) in [5.74, 6) is -0.364. The second kappa shape index (κ2) is 14.5. The lowest BCUT2D eigenvalue weighted by Gasteiger charge is -2.44. The standard InChI is InChI=1S/C32H39N5O6/c1-22-27(20-36-15-17-37(18-16-36)32-33-13-4-14-34-32)42-31(43-30(22)24-11-9-23(21-38)10-12-24)25-5-2-6-26(19-25)35-28(39)7-3-8-29(40)41/h2,4-6,9-14,19,22,27,30-31,38H,3,7-8,15-18,20-21H2,1H3,(H,35,39)(H,40,41)/t22-,27+,30+,31+/m0/s1. The summed E-state index contributed by atoms with van der Waals surface area (Å²) < 4.78 is 13.2. The number of amides is 1. The quantitative estimate of drug-likeness (QED) is 0.303. The van der Waals surface area contributed by atoms with Gasteiger partial charge in [-0.15, -0.1) is 0 Å². The van der Waals surface area contributed by atoms with Gasteiger partial charge in [-0.3, -0.25) is 14.5 Å². The van der Waals surface area contributed by atoms with Crippen LogP contribution in [0.1, 0.15) is 55.3 Å². The number of hydrogen-bond donors (Lipinski definition) is 3. The number of carboxylic acids is 1. The molecule has 0 unspecified atom stereocenters. The molecule has 3 heterocycles. The van der Waals surface area contributed by atoms with Crippen molar-refractivity contribution in [1.29, 1.82) is 0 Å². The zero-order chi connectivity index (χ0) is 30.2. The molecule has 11 nitrogen and oxygen atoms in total. The lowest BCUT2D eigenvalue weighted by molar-refractivity contribution is -0.276. The van der Waals surface area contributed by atoms with Crippen molar-refractivity contribution in [3.63, 3.8) is 0 Å². The first-order valence-corrected chi connectivity index (χ1v) is 14.8. The van der Waals surface area contributed by atoms with Crippen LogP contribution >= 0.6 is 0 Å². The minimum absolute atomic E-state index is 0.0233. The van der Waals surface area contributed by atoms with Crippen LogP contribution in [0, 0.1) is 5.92 Å². The number of ether oxygens (including phenoxy) is 2. The fraction of sp³-hybridized carbons (Fsp3) is 0.438. The minimum Gasteiger partial charge on any atom is -0.481 e. The van der Waals surface area contributed by atoms with Gasteiger partial charge in [0.15, 0.2) is 6.29 Å². The lowest BCUT2D eigenvalue weighted by Crippen LogP contribution is -2.51. The molecule has 0 bridgehead atoms. The van der Waals surface area contributed by atoms with E-state index in [9.17, 15) is 14.7 Å². The molecule has 1 amide bonds. The van der Waals surface area contributed by atoms with Gasteiger partial charge < -0.3 is 29.9 Å². The number of carboxylic acid groups (broad SMARTS) is 1. The van der Waals surface area contributed by atoms with Crippen LogP contribution in [-0.4, -0.2) is 75.8 Å². The third-order valence-electron chi connectivity index (χ3n) is 8.01. The van der Waals surface area contributed by atoms with Crippen LogP contribution in [0.5, 0.6) is 0 Å². The maximum Gasteiger partial charge on any atom is 0.303 e. The predicted molar refractivity (Wildman–Crippen MR) is 160 cm³/mol. The molecule has 1 aromatic heterocycles. The fourth-order valence-electron chi connectivity index (χ4n) is 5.55. The first kappa shape index (κ1) is 30.6. The molecule has 0 aliphatic carbocycles. The Morgan fingerprint density at radius 3 is 2.40 bits per heavy atom. The number of nitrogens with one attached hydrogen (secondary N) is 1. The van der Waals surface area contributed by atoms with Gasteiger partial charge in [0.05, 0.1) is 18.8 Å². The molecule has 2 fully saturated rings. The van der Waals surface area contributed by atoms with Crippen LogP contribution in [0.2, 0.25) is 0 Å². The van der Waals surface area contributed by atoms with Crippen LogP contribution in [0.25, 0.3) is 0 Å². The number of aliphatic hydroxyl groups is 1. The summed E-state index contributed by atoms with van der Waals surface area (Å²) in [6.07, 6.45) is 2.85. The van der Waals surface area contributed by atoms with E-state index in [-0.39, 0.29) is 49.9 Å². The van der Waals surface area contributed by atoms with Crippen molar-refractivity contribution in [2.24, 2.45) is 5.92 Å². The Morgan fingerprint density at radius 2 is 1.70 bits per heavy atom. The first-order chi connectivity index (χ1) is 20.9. The summed E-state index contributed by atoms with van der Waals surface area (Å²) in [6, 6.07) is 17.0. The number of piperazine rings is 1. The number of rotatable bonds is 11. The van der Waals surface area contributed by atoms with Crippen molar-refractivity contribution in [1.82, 2.24) is 14.9 Å². The normalized spacial score (nSPS) is 22.7. The van der Waals surface area contributed by atoms with Gasteiger partial charge in [0.1, 0.15) is 0 Å². The molecule has 0 spiro atoms. The number of nitrogens with zero attached hydrogens (tertiary/aromatic N) is 4. The monoisotopic (exact) mass is 589 g/mol. The Labute approximate surface area is 251 Å². The van der Waals surface area contributed by atoms with E-state index in [1.807, 2.05) is 48.5 Å². The number of hydrogen-bond acceptors (Lipinski definition) is 9. The number of aliphatic hydroxyl groups excluding tert-OH is 1.